The van der Waals surface area contributed by atoms with E-state index < -0.39 is 0 Å². The monoisotopic (exact) mass is 380 g/mol. The Labute approximate surface area is 171 Å². The van der Waals surface area contributed by atoms with Crippen LogP contribution >= 0.6 is 0 Å². The summed E-state index contributed by atoms with van der Waals surface area (Å²) in [6.07, 6.45) is 10.3. The lowest BCUT2D eigenvalue weighted by atomic mass is 10.0. The number of hydrogen-bond donors (Lipinski definition) is 0. The second-order valence-electron chi connectivity index (χ2n) is 7.70. The molecule has 3 heteroatoms. The Morgan fingerprint density at radius 3 is 1.93 bits per heavy atom. The van der Waals surface area contributed by atoms with E-state index in [0.29, 0.717) is 5.92 Å². The molecular formula is C25H36N2O. The minimum atomic E-state index is 0.573. The normalized spacial score (nSPS) is 12.4. The molecule has 0 bridgehead atoms. The minimum Gasteiger partial charge on any atom is -0.493 e. The van der Waals surface area contributed by atoms with Gasteiger partial charge < -0.3 is 4.74 Å². The second-order valence-corrected chi connectivity index (χ2v) is 7.70. The Kier molecular flexibility index (Phi) is 10.3. The zero-order chi connectivity index (χ0) is 20.0. The van der Waals surface area contributed by atoms with E-state index in [1.54, 1.807) is 0 Å². The van der Waals surface area contributed by atoms with Crippen molar-refractivity contribution in [2.75, 3.05) is 6.61 Å². The first kappa shape index (κ1) is 22.1. The highest BCUT2D eigenvalue weighted by Gasteiger charge is 2.01. The summed E-state index contributed by atoms with van der Waals surface area (Å²) in [6, 6.07) is 16.3. The Morgan fingerprint density at radius 1 is 0.750 bits per heavy atom. The van der Waals surface area contributed by atoms with Crippen LogP contribution in [0.4, 0.5) is 11.4 Å². The highest BCUT2D eigenvalue weighted by atomic mass is 16.5. The molecule has 0 aliphatic carbocycles. The standard InChI is InChI=1S/C25H36N2O/c1-4-6-7-8-9-10-11-22-12-14-23(15-13-22)26-27-24-16-18-25(19-17-24)28-20-21(3)5-2/h12-19,21H,4-11,20H2,1-3H3/b27-26+/t21-/m0/s1. The fourth-order valence-corrected chi connectivity index (χ4v) is 2.92. The second kappa shape index (κ2) is 13.1. The zero-order valence-electron chi connectivity index (χ0n) is 17.9. The van der Waals surface area contributed by atoms with Crippen LogP contribution in [-0.2, 0) is 6.42 Å². The van der Waals surface area contributed by atoms with Gasteiger partial charge in [-0.25, -0.2) is 0 Å². The van der Waals surface area contributed by atoms with Crippen LogP contribution in [0, 0.1) is 5.92 Å². The number of benzene rings is 2. The van der Waals surface area contributed by atoms with Crippen LogP contribution in [-0.4, -0.2) is 6.61 Å². The molecule has 0 N–H and O–H groups in total. The van der Waals surface area contributed by atoms with Gasteiger partial charge in [-0.15, -0.1) is 0 Å². The first-order valence-electron chi connectivity index (χ1n) is 10.9. The molecule has 0 heterocycles. The van der Waals surface area contributed by atoms with Crippen LogP contribution < -0.4 is 4.74 Å². The number of nitrogens with zero attached hydrogens (tertiary/aromatic N) is 2. The summed E-state index contributed by atoms with van der Waals surface area (Å²) in [6.45, 7) is 7.39. The maximum absolute atomic E-state index is 5.78. The lowest BCUT2D eigenvalue weighted by Crippen LogP contribution is -2.06. The molecule has 28 heavy (non-hydrogen) atoms. The zero-order valence-corrected chi connectivity index (χ0v) is 17.9. The van der Waals surface area contributed by atoms with Crippen molar-refractivity contribution in [3.05, 3.63) is 54.1 Å². The lowest BCUT2D eigenvalue weighted by Gasteiger charge is -2.10. The smallest absolute Gasteiger partial charge is 0.119 e. The van der Waals surface area contributed by atoms with E-state index in [0.717, 1.165) is 36.6 Å². The quantitative estimate of drug-likeness (QED) is 0.253. The molecule has 0 aliphatic rings. The average molecular weight is 381 g/mol. The van der Waals surface area contributed by atoms with Gasteiger partial charge in [-0.05, 0) is 60.7 Å². The molecule has 0 saturated heterocycles. The van der Waals surface area contributed by atoms with Crippen LogP contribution in [0.1, 0.15) is 71.3 Å². The maximum atomic E-state index is 5.78. The van der Waals surface area contributed by atoms with E-state index in [1.807, 2.05) is 24.3 Å². The highest BCUT2D eigenvalue weighted by molar-refractivity contribution is 5.43. The van der Waals surface area contributed by atoms with Crippen LogP contribution in [0.15, 0.2) is 58.8 Å². The van der Waals surface area contributed by atoms with Gasteiger partial charge in [0.1, 0.15) is 5.75 Å². The molecule has 0 amide bonds. The van der Waals surface area contributed by atoms with Crippen molar-refractivity contribution in [1.82, 2.24) is 0 Å². The third-order valence-corrected chi connectivity index (χ3v) is 5.10. The number of rotatable bonds is 13. The van der Waals surface area contributed by atoms with Crippen LogP contribution in [0.2, 0.25) is 0 Å². The molecule has 0 spiro atoms. The van der Waals surface area contributed by atoms with Gasteiger partial charge in [0.2, 0.25) is 0 Å². The van der Waals surface area contributed by atoms with Gasteiger partial charge in [-0.3, -0.25) is 0 Å². The van der Waals surface area contributed by atoms with E-state index in [9.17, 15) is 0 Å². The molecule has 0 aromatic heterocycles. The number of aryl methyl sites for hydroxylation is 1. The van der Waals surface area contributed by atoms with Crippen molar-refractivity contribution < 1.29 is 4.74 Å². The molecule has 0 unspecified atom stereocenters. The fourth-order valence-electron chi connectivity index (χ4n) is 2.92. The Hall–Kier alpha value is -2.16. The largest absolute Gasteiger partial charge is 0.493 e. The summed E-state index contributed by atoms with van der Waals surface area (Å²) in [5.74, 6) is 1.46. The summed E-state index contributed by atoms with van der Waals surface area (Å²) in [5, 5.41) is 8.68. The molecule has 152 valence electrons. The van der Waals surface area contributed by atoms with Crippen molar-refractivity contribution >= 4 is 11.4 Å². The van der Waals surface area contributed by atoms with Crippen molar-refractivity contribution in [3.63, 3.8) is 0 Å². The van der Waals surface area contributed by atoms with Crippen LogP contribution in [0.5, 0.6) is 5.75 Å². The summed E-state index contributed by atoms with van der Waals surface area (Å²) >= 11 is 0. The average Bonchev–Trinajstić information content (AvgIpc) is 2.74. The molecular weight excluding hydrogens is 344 g/mol. The molecule has 0 radical (unpaired) electrons. The van der Waals surface area contributed by atoms with Gasteiger partial charge in [0, 0.05) is 0 Å². The predicted octanol–water partition coefficient (Wildman–Crippen LogP) is 8.43. The number of ether oxygens (including phenoxy) is 1. The van der Waals surface area contributed by atoms with E-state index in [-0.39, 0.29) is 0 Å². The summed E-state index contributed by atoms with van der Waals surface area (Å²) < 4.78 is 5.78. The van der Waals surface area contributed by atoms with Gasteiger partial charge in [0.05, 0.1) is 18.0 Å². The van der Waals surface area contributed by atoms with Gasteiger partial charge >= 0.3 is 0 Å². The van der Waals surface area contributed by atoms with Gasteiger partial charge in [-0.2, -0.15) is 10.2 Å². The Morgan fingerprint density at radius 2 is 1.32 bits per heavy atom. The van der Waals surface area contributed by atoms with Gasteiger partial charge in [-0.1, -0.05) is 71.4 Å². The van der Waals surface area contributed by atoms with E-state index in [1.165, 1.54) is 44.1 Å². The van der Waals surface area contributed by atoms with E-state index in [2.05, 4.69) is 55.3 Å². The summed E-state index contributed by atoms with van der Waals surface area (Å²) in [4.78, 5) is 0. The molecule has 0 aliphatic heterocycles. The third-order valence-electron chi connectivity index (χ3n) is 5.10. The molecule has 2 rings (SSSR count). The minimum absolute atomic E-state index is 0.573. The molecule has 3 nitrogen and oxygen atoms in total. The number of unbranched alkanes of at least 4 members (excludes halogenated alkanes) is 5. The van der Waals surface area contributed by atoms with E-state index >= 15 is 0 Å². The molecule has 0 fully saturated rings. The van der Waals surface area contributed by atoms with Gasteiger partial charge in [0.15, 0.2) is 0 Å². The molecule has 2 aromatic carbocycles. The van der Waals surface area contributed by atoms with Gasteiger partial charge in [0.25, 0.3) is 0 Å². The first-order chi connectivity index (χ1) is 13.7. The number of hydrogen-bond acceptors (Lipinski definition) is 3. The van der Waals surface area contributed by atoms with E-state index in [4.69, 9.17) is 4.74 Å². The van der Waals surface area contributed by atoms with Crippen molar-refractivity contribution in [2.45, 2.75) is 72.1 Å². The molecule has 1 atom stereocenters. The Balaban J connectivity index is 1.76. The maximum Gasteiger partial charge on any atom is 0.119 e. The topological polar surface area (TPSA) is 34.0 Å². The Bertz CT molecular complexity index is 677. The molecule has 2 aromatic rings. The fraction of sp³-hybridized carbons (Fsp3) is 0.520. The molecule has 0 saturated carbocycles. The number of azo groups is 1. The van der Waals surface area contributed by atoms with Crippen LogP contribution in [0.3, 0.4) is 0 Å². The highest BCUT2D eigenvalue weighted by Crippen LogP contribution is 2.22. The van der Waals surface area contributed by atoms with Crippen molar-refractivity contribution in [1.29, 1.82) is 0 Å². The lowest BCUT2D eigenvalue weighted by molar-refractivity contribution is 0.256. The summed E-state index contributed by atoms with van der Waals surface area (Å²) in [7, 11) is 0. The van der Waals surface area contributed by atoms with Crippen LogP contribution in [0.25, 0.3) is 0 Å². The first-order valence-corrected chi connectivity index (χ1v) is 10.9. The summed E-state index contributed by atoms with van der Waals surface area (Å²) in [5.41, 5.74) is 3.12. The SMILES string of the molecule is CCCCCCCCc1ccc(/N=N/c2ccc(OC[C@@H](C)CC)cc2)cc1. The van der Waals surface area contributed by atoms with Crippen molar-refractivity contribution in [2.24, 2.45) is 16.1 Å². The third kappa shape index (κ3) is 8.69. The predicted molar refractivity (Wildman–Crippen MR) is 119 cm³/mol. The van der Waals surface area contributed by atoms with Crippen molar-refractivity contribution in [3.8, 4) is 5.75 Å².